The van der Waals surface area contributed by atoms with Gasteiger partial charge in [-0.1, -0.05) is 6.07 Å². The zero-order valence-electron chi connectivity index (χ0n) is 19.9. The Balaban J connectivity index is 1.50. The van der Waals surface area contributed by atoms with E-state index in [1.54, 1.807) is 6.20 Å². The number of aliphatic hydroxyl groups is 1. The van der Waals surface area contributed by atoms with Crippen molar-refractivity contribution in [2.45, 2.75) is 58.1 Å². The highest BCUT2D eigenvalue weighted by atomic mass is 32.2. The number of rotatable bonds is 7. The number of hydrogen-bond donors (Lipinski definition) is 3. The molecule has 0 saturated heterocycles. The standard InChI is InChI=1S/C24H31N5O3S2/c1-15-11-17(13-20(12-15)28-23-25-10-9-16(2)27-23)21-14-26-22(33-21)24(3,30)18-5-7-19(8-6-18)29-34(4,31)32/h9-14,18-19,29-30H,5-8H2,1-4H3,(H,25,27,28). The SMILES string of the molecule is Cc1cc(Nc2nccc(C)n2)cc(-c2cnc(C(C)(O)C3CCC(NS(C)(=O)=O)CC3)s2)c1. The number of sulfonamides is 1. The van der Waals surface area contributed by atoms with Crippen molar-refractivity contribution in [2.75, 3.05) is 11.6 Å². The van der Waals surface area contributed by atoms with Gasteiger partial charge in [0.25, 0.3) is 0 Å². The molecular weight excluding hydrogens is 470 g/mol. The first kappa shape index (κ1) is 24.7. The van der Waals surface area contributed by atoms with Crippen LogP contribution in [0, 0.1) is 19.8 Å². The Hall–Kier alpha value is -2.40. The summed E-state index contributed by atoms with van der Waals surface area (Å²) in [6.45, 7) is 5.78. The topological polar surface area (TPSA) is 117 Å². The number of aromatic nitrogens is 3. The third-order valence-electron chi connectivity index (χ3n) is 6.25. The second kappa shape index (κ2) is 9.69. The Labute approximate surface area is 205 Å². The van der Waals surface area contributed by atoms with E-state index in [0.717, 1.165) is 40.2 Å². The molecule has 1 aliphatic carbocycles. The monoisotopic (exact) mass is 501 g/mol. The van der Waals surface area contributed by atoms with Gasteiger partial charge in [-0.05, 0) is 81.7 Å². The van der Waals surface area contributed by atoms with E-state index >= 15 is 0 Å². The Kier molecular flexibility index (Phi) is 7.04. The summed E-state index contributed by atoms with van der Waals surface area (Å²) in [5, 5.41) is 15.3. The summed E-state index contributed by atoms with van der Waals surface area (Å²) in [7, 11) is -3.22. The molecule has 1 saturated carbocycles. The highest BCUT2D eigenvalue weighted by Crippen LogP contribution is 2.42. The molecule has 3 aromatic rings. The molecule has 0 amide bonds. The number of benzene rings is 1. The lowest BCUT2D eigenvalue weighted by atomic mass is 9.76. The Bertz CT molecular complexity index is 1270. The normalized spacial score (nSPS) is 20.6. The first-order valence-electron chi connectivity index (χ1n) is 11.3. The van der Waals surface area contributed by atoms with Crippen LogP contribution in [-0.2, 0) is 15.6 Å². The van der Waals surface area contributed by atoms with Crippen LogP contribution < -0.4 is 10.0 Å². The summed E-state index contributed by atoms with van der Waals surface area (Å²) < 4.78 is 25.7. The number of thiazole rings is 1. The van der Waals surface area contributed by atoms with Gasteiger partial charge in [0.15, 0.2) is 0 Å². The molecule has 1 fully saturated rings. The van der Waals surface area contributed by atoms with Crippen molar-refractivity contribution in [3.05, 3.63) is 52.9 Å². The third-order valence-corrected chi connectivity index (χ3v) is 8.29. The number of hydrogen-bond acceptors (Lipinski definition) is 8. The maximum atomic E-state index is 11.5. The molecule has 2 aromatic heterocycles. The van der Waals surface area contributed by atoms with Gasteiger partial charge in [0.2, 0.25) is 16.0 Å². The molecule has 182 valence electrons. The molecule has 0 spiro atoms. The summed E-state index contributed by atoms with van der Waals surface area (Å²) in [4.78, 5) is 14.2. The Morgan fingerprint density at radius 2 is 1.85 bits per heavy atom. The maximum absolute atomic E-state index is 11.5. The minimum Gasteiger partial charge on any atom is -0.383 e. The lowest BCUT2D eigenvalue weighted by Crippen LogP contribution is -2.41. The van der Waals surface area contributed by atoms with Gasteiger partial charge >= 0.3 is 0 Å². The van der Waals surface area contributed by atoms with Crippen molar-refractivity contribution in [1.29, 1.82) is 0 Å². The molecule has 34 heavy (non-hydrogen) atoms. The van der Waals surface area contributed by atoms with Crippen LogP contribution in [0.15, 0.2) is 36.7 Å². The molecule has 1 aliphatic rings. The van der Waals surface area contributed by atoms with Crippen molar-refractivity contribution >= 4 is 33.0 Å². The van der Waals surface area contributed by atoms with Crippen molar-refractivity contribution in [3.8, 4) is 10.4 Å². The van der Waals surface area contributed by atoms with Crippen LogP contribution >= 0.6 is 11.3 Å². The van der Waals surface area contributed by atoms with Crippen molar-refractivity contribution in [1.82, 2.24) is 19.7 Å². The summed E-state index contributed by atoms with van der Waals surface area (Å²) in [5.41, 5.74) is 2.81. The van der Waals surface area contributed by atoms with Gasteiger partial charge in [-0.2, -0.15) is 0 Å². The molecule has 0 bridgehead atoms. The zero-order chi connectivity index (χ0) is 24.5. The Morgan fingerprint density at radius 3 is 2.53 bits per heavy atom. The van der Waals surface area contributed by atoms with Crippen LogP contribution in [0.4, 0.5) is 11.6 Å². The lowest BCUT2D eigenvalue weighted by Gasteiger charge is -2.36. The van der Waals surface area contributed by atoms with E-state index in [2.05, 4.69) is 31.1 Å². The predicted molar refractivity (Wildman–Crippen MR) is 136 cm³/mol. The minimum atomic E-state index is -3.22. The Morgan fingerprint density at radius 1 is 1.12 bits per heavy atom. The van der Waals surface area contributed by atoms with Crippen LogP contribution in [0.25, 0.3) is 10.4 Å². The van der Waals surface area contributed by atoms with Crippen LogP contribution in [0.1, 0.15) is 48.9 Å². The number of nitrogens with one attached hydrogen (secondary N) is 2. The van der Waals surface area contributed by atoms with Crippen molar-refractivity contribution in [3.63, 3.8) is 0 Å². The van der Waals surface area contributed by atoms with Crippen LogP contribution in [-0.4, -0.2) is 40.8 Å². The number of anilines is 2. The van der Waals surface area contributed by atoms with E-state index in [1.807, 2.05) is 45.2 Å². The summed E-state index contributed by atoms with van der Waals surface area (Å²) in [6.07, 6.45) is 7.62. The van der Waals surface area contributed by atoms with Crippen LogP contribution in [0.3, 0.4) is 0 Å². The van der Waals surface area contributed by atoms with Gasteiger partial charge in [-0.25, -0.2) is 28.1 Å². The van der Waals surface area contributed by atoms with Gasteiger partial charge < -0.3 is 10.4 Å². The molecule has 3 N–H and O–H groups in total. The number of aryl methyl sites for hydroxylation is 2. The van der Waals surface area contributed by atoms with Crippen LogP contribution in [0.2, 0.25) is 0 Å². The maximum Gasteiger partial charge on any atom is 0.227 e. The average molecular weight is 502 g/mol. The number of nitrogens with zero attached hydrogens (tertiary/aromatic N) is 3. The molecule has 1 atom stereocenters. The van der Waals surface area contributed by atoms with E-state index in [4.69, 9.17) is 0 Å². The minimum absolute atomic E-state index is 0.0253. The average Bonchev–Trinajstić information content (AvgIpc) is 3.24. The van der Waals surface area contributed by atoms with E-state index in [0.29, 0.717) is 23.8 Å². The molecule has 1 aromatic carbocycles. The second-order valence-electron chi connectivity index (χ2n) is 9.35. The fraction of sp³-hybridized carbons (Fsp3) is 0.458. The molecular formula is C24H31N5O3S2. The summed E-state index contributed by atoms with van der Waals surface area (Å²) in [5.74, 6) is 0.572. The van der Waals surface area contributed by atoms with E-state index in [-0.39, 0.29) is 12.0 Å². The van der Waals surface area contributed by atoms with Gasteiger partial charge in [0.05, 0.1) is 11.1 Å². The highest BCUT2D eigenvalue weighted by molar-refractivity contribution is 7.88. The quantitative estimate of drug-likeness (QED) is 0.442. The van der Waals surface area contributed by atoms with Crippen molar-refractivity contribution < 1.29 is 13.5 Å². The first-order valence-corrected chi connectivity index (χ1v) is 14.0. The largest absolute Gasteiger partial charge is 0.383 e. The third kappa shape index (κ3) is 5.99. The molecule has 1 unspecified atom stereocenters. The van der Waals surface area contributed by atoms with E-state index in [9.17, 15) is 13.5 Å². The summed E-state index contributed by atoms with van der Waals surface area (Å²) >= 11 is 1.49. The van der Waals surface area contributed by atoms with Gasteiger partial charge in [0.1, 0.15) is 10.6 Å². The molecule has 0 radical (unpaired) electrons. The predicted octanol–water partition coefficient (Wildman–Crippen LogP) is 4.28. The molecule has 4 rings (SSSR count). The summed E-state index contributed by atoms with van der Waals surface area (Å²) in [6, 6.07) is 7.95. The molecule has 2 heterocycles. The molecule has 10 heteroatoms. The van der Waals surface area contributed by atoms with Crippen molar-refractivity contribution in [2.24, 2.45) is 5.92 Å². The van der Waals surface area contributed by atoms with E-state index in [1.165, 1.54) is 17.6 Å². The second-order valence-corrected chi connectivity index (χ2v) is 12.2. The lowest BCUT2D eigenvalue weighted by molar-refractivity contribution is -0.0240. The fourth-order valence-corrected chi connectivity index (χ4v) is 6.40. The molecule has 0 aliphatic heterocycles. The van der Waals surface area contributed by atoms with Gasteiger partial charge in [-0.15, -0.1) is 11.3 Å². The first-order chi connectivity index (χ1) is 16.0. The van der Waals surface area contributed by atoms with Gasteiger partial charge in [0, 0.05) is 29.8 Å². The molecule has 8 nitrogen and oxygen atoms in total. The smallest absolute Gasteiger partial charge is 0.227 e. The van der Waals surface area contributed by atoms with Gasteiger partial charge in [-0.3, -0.25) is 0 Å². The fourth-order valence-electron chi connectivity index (χ4n) is 4.53. The van der Waals surface area contributed by atoms with Crippen LogP contribution in [0.5, 0.6) is 0 Å². The zero-order valence-corrected chi connectivity index (χ0v) is 21.5. The highest BCUT2D eigenvalue weighted by Gasteiger charge is 2.39. The van der Waals surface area contributed by atoms with E-state index < -0.39 is 15.6 Å².